The van der Waals surface area contributed by atoms with Crippen LogP contribution in [0.1, 0.15) is 30.1 Å². The quantitative estimate of drug-likeness (QED) is 0.685. The first-order valence-corrected chi connectivity index (χ1v) is 9.63. The summed E-state index contributed by atoms with van der Waals surface area (Å²) in [6.45, 7) is 2.72. The Labute approximate surface area is 159 Å². The van der Waals surface area contributed by atoms with Crippen molar-refractivity contribution in [2.45, 2.75) is 31.6 Å². The van der Waals surface area contributed by atoms with Crippen molar-refractivity contribution in [2.24, 2.45) is 5.92 Å². The first kappa shape index (κ1) is 16.7. The molecule has 0 amide bonds. The first-order chi connectivity index (χ1) is 13.3. The highest BCUT2D eigenvalue weighted by Gasteiger charge is 2.38. The lowest BCUT2D eigenvalue weighted by Crippen LogP contribution is -2.44. The Balaban J connectivity index is 1.31. The van der Waals surface area contributed by atoms with Gasteiger partial charge in [-0.05, 0) is 36.5 Å². The van der Waals surface area contributed by atoms with Gasteiger partial charge in [0.15, 0.2) is 11.6 Å². The fourth-order valence-electron chi connectivity index (χ4n) is 3.80. The van der Waals surface area contributed by atoms with E-state index in [1.165, 1.54) is 18.4 Å². The normalized spacial score (nSPS) is 23.4. The number of ether oxygens (including phenoxy) is 1. The van der Waals surface area contributed by atoms with E-state index < -0.39 is 0 Å². The zero-order chi connectivity index (χ0) is 18.1. The van der Waals surface area contributed by atoms with Crippen molar-refractivity contribution in [3.05, 3.63) is 72.2 Å². The lowest BCUT2D eigenvalue weighted by molar-refractivity contribution is -0.0986. The summed E-state index contributed by atoms with van der Waals surface area (Å²) < 4.78 is 11.8. The summed E-state index contributed by atoms with van der Waals surface area (Å²) in [4.78, 5) is 11.4. The Kier molecular flexibility index (Phi) is 4.47. The third kappa shape index (κ3) is 3.80. The fourth-order valence-corrected chi connectivity index (χ4v) is 3.80. The van der Waals surface area contributed by atoms with Crippen molar-refractivity contribution in [3.63, 3.8) is 0 Å². The molecule has 138 valence electrons. The molecule has 3 heterocycles. The van der Waals surface area contributed by atoms with Crippen LogP contribution in [0.25, 0.3) is 11.6 Å². The van der Waals surface area contributed by atoms with Crippen molar-refractivity contribution < 1.29 is 9.15 Å². The number of aromatic nitrogens is 2. The molecule has 1 aromatic carbocycles. The van der Waals surface area contributed by atoms with Gasteiger partial charge in [0.2, 0.25) is 0 Å². The molecule has 5 nitrogen and oxygen atoms in total. The summed E-state index contributed by atoms with van der Waals surface area (Å²) >= 11 is 0. The molecule has 1 saturated heterocycles. The molecule has 0 unspecified atom stereocenters. The van der Waals surface area contributed by atoms with Crippen LogP contribution < -0.4 is 0 Å². The second-order valence-electron chi connectivity index (χ2n) is 7.50. The lowest BCUT2D eigenvalue weighted by atomic mass is 10.0. The highest BCUT2D eigenvalue weighted by Crippen LogP contribution is 2.39. The molecule has 0 spiro atoms. The van der Waals surface area contributed by atoms with Gasteiger partial charge in [-0.2, -0.15) is 0 Å². The molecule has 0 radical (unpaired) electrons. The monoisotopic (exact) mass is 361 g/mol. The van der Waals surface area contributed by atoms with Gasteiger partial charge in [0.1, 0.15) is 0 Å². The molecule has 3 aromatic rings. The molecule has 5 heteroatoms. The third-order valence-corrected chi connectivity index (χ3v) is 5.37. The van der Waals surface area contributed by atoms with Crippen LogP contribution in [0.3, 0.4) is 0 Å². The Morgan fingerprint density at radius 1 is 0.963 bits per heavy atom. The molecule has 1 saturated carbocycles. The molecule has 27 heavy (non-hydrogen) atoms. The van der Waals surface area contributed by atoms with Crippen LogP contribution in [0.2, 0.25) is 0 Å². The van der Waals surface area contributed by atoms with Crippen molar-refractivity contribution in [1.82, 2.24) is 14.9 Å². The van der Waals surface area contributed by atoms with Crippen molar-refractivity contribution >= 4 is 0 Å². The molecule has 0 bridgehead atoms. The van der Waals surface area contributed by atoms with Gasteiger partial charge in [0.05, 0.1) is 18.5 Å². The van der Waals surface area contributed by atoms with E-state index in [0.717, 1.165) is 31.1 Å². The van der Waals surface area contributed by atoms with Crippen LogP contribution in [-0.2, 0) is 11.3 Å². The van der Waals surface area contributed by atoms with Gasteiger partial charge in [-0.1, -0.05) is 30.3 Å². The van der Waals surface area contributed by atoms with Crippen molar-refractivity contribution in [2.75, 3.05) is 13.1 Å². The van der Waals surface area contributed by atoms with Crippen LogP contribution in [-0.4, -0.2) is 34.1 Å². The van der Waals surface area contributed by atoms with Gasteiger partial charge in [0, 0.05) is 37.6 Å². The molecule has 5 rings (SSSR count). The molecule has 2 aromatic heterocycles. The minimum Gasteiger partial charge on any atom is -0.461 e. The molecule has 2 atom stereocenters. The predicted octanol–water partition coefficient (Wildman–Crippen LogP) is 4.09. The Bertz CT molecular complexity index is 860. The van der Waals surface area contributed by atoms with E-state index in [1.54, 1.807) is 6.26 Å². The maximum atomic E-state index is 6.45. The van der Waals surface area contributed by atoms with Crippen LogP contribution in [0, 0.1) is 5.92 Å². The first-order valence-electron chi connectivity index (χ1n) is 9.63. The third-order valence-electron chi connectivity index (χ3n) is 5.37. The average Bonchev–Trinajstić information content (AvgIpc) is 3.44. The van der Waals surface area contributed by atoms with Crippen LogP contribution in [0.5, 0.6) is 0 Å². The van der Waals surface area contributed by atoms with Gasteiger partial charge in [0.25, 0.3) is 0 Å². The number of rotatable bonds is 5. The SMILES string of the molecule is c1ccc([C@@H]2CN(Cc3cnc(-c4ccco4)nc3)C[C@H](C3CC3)O2)cc1. The largest absolute Gasteiger partial charge is 0.461 e. The van der Waals surface area contributed by atoms with Gasteiger partial charge in [-0.3, -0.25) is 4.90 Å². The Morgan fingerprint density at radius 2 is 1.78 bits per heavy atom. The second-order valence-corrected chi connectivity index (χ2v) is 7.50. The number of nitrogens with zero attached hydrogens (tertiary/aromatic N) is 3. The maximum absolute atomic E-state index is 6.45. The van der Waals surface area contributed by atoms with Crippen molar-refractivity contribution in [1.29, 1.82) is 0 Å². The predicted molar refractivity (Wildman–Crippen MR) is 102 cm³/mol. The maximum Gasteiger partial charge on any atom is 0.195 e. The number of hydrogen-bond donors (Lipinski definition) is 0. The van der Waals surface area contributed by atoms with Gasteiger partial charge in [-0.25, -0.2) is 9.97 Å². The lowest BCUT2D eigenvalue weighted by Gasteiger charge is -2.38. The minimum absolute atomic E-state index is 0.133. The van der Waals surface area contributed by atoms with E-state index in [2.05, 4.69) is 45.2 Å². The molecule has 0 N–H and O–H groups in total. The number of hydrogen-bond acceptors (Lipinski definition) is 5. The highest BCUT2D eigenvalue weighted by atomic mass is 16.5. The van der Waals surface area contributed by atoms with Crippen LogP contribution >= 0.6 is 0 Å². The molecule has 2 aliphatic rings. The van der Waals surface area contributed by atoms with E-state index in [0.29, 0.717) is 17.7 Å². The summed E-state index contributed by atoms with van der Waals surface area (Å²) in [5.74, 6) is 2.05. The standard InChI is InChI=1S/C22H23N3O2/c1-2-5-17(6-3-1)20-14-25(15-21(27-20)18-8-9-18)13-16-11-23-22(24-12-16)19-7-4-10-26-19/h1-7,10-12,18,20-21H,8-9,13-15H2/t20-,21+/m0/s1. The highest BCUT2D eigenvalue weighted by molar-refractivity contribution is 5.45. The fraction of sp³-hybridized carbons (Fsp3) is 0.364. The van der Waals surface area contributed by atoms with E-state index >= 15 is 0 Å². The second kappa shape index (κ2) is 7.25. The van der Waals surface area contributed by atoms with Gasteiger partial charge >= 0.3 is 0 Å². The smallest absolute Gasteiger partial charge is 0.195 e. The number of furan rings is 1. The van der Waals surface area contributed by atoms with E-state index in [9.17, 15) is 0 Å². The summed E-state index contributed by atoms with van der Waals surface area (Å²) in [5.41, 5.74) is 2.38. The molecule has 1 aliphatic carbocycles. The van der Waals surface area contributed by atoms with Gasteiger partial charge in [-0.15, -0.1) is 0 Å². The average molecular weight is 361 g/mol. The van der Waals surface area contributed by atoms with Gasteiger partial charge < -0.3 is 9.15 Å². The summed E-state index contributed by atoms with van der Waals surface area (Å²) in [5, 5.41) is 0. The Hall–Kier alpha value is -2.50. The number of benzene rings is 1. The zero-order valence-electron chi connectivity index (χ0n) is 15.2. The topological polar surface area (TPSA) is 51.4 Å². The van der Waals surface area contributed by atoms with E-state index in [1.807, 2.05) is 24.5 Å². The minimum atomic E-state index is 0.133. The Morgan fingerprint density at radius 3 is 2.48 bits per heavy atom. The summed E-state index contributed by atoms with van der Waals surface area (Å²) in [6, 6.07) is 14.3. The molecule has 1 aliphatic heterocycles. The molecule has 2 fully saturated rings. The summed E-state index contributed by atoms with van der Waals surface area (Å²) in [7, 11) is 0. The zero-order valence-corrected chi connectivity index (χ0v) is 15.2. The summed E-state index contributed by atoms with van der Waals surface area (Å²) in [6.07, 6.45) is 8.50. The van der Waals surface area contributed by atoms with Crippen LogP contribution in [0.4, 0.5) is 0 Å². The molecular formula is C22H23N3O2. The van der Waals surface area contributed by atoms with E-state index in [4.69, 9.17) is 9.15 Å². The van der Waals surface area contributed by atoms with E-state index in [-0.39, 0.29) is 6.10 Å². The molecular weight excluding hydrogens is 338 g/mol. The number of morpholine rings is 1. The van der Waals surface area contributed by atoms with Crippen LogP contribution in [0.15, 0.2) is 65.5 Å². The van der Waals surface area contributed by atoms with Crippen molar-refractivity contribution in [3.8, 4) is 11.6 Å².